The SMILES string of the molecule is N[C@@]1(COP(=O)(O)O)CC[C@@H](c2ccc3c(c2)CC[C@H](OCCOCc2cccs2)C3)C1. The standard InChI is InChI=1S/C23H32NO6PS/c24-23(16-30-31(25,26)27)8-7-20(14-23)18-3-4-19-13-21(6-5-17(19)12-18)29-10-9-28-15-22-2-1-11-32-22/h1-4,11-12,20-21H,5-10,13-16,24H2,(H2,25,26,27)/t20-,21+,23+/m1/s1. The van der Waals surface area contributed by atoms with Gasteiger partial charge in [-0.25, -0.2) is 4.57 Å². The molecule has 1 aromatic carbocycles. The van der Waals surface area contributed by atoms with Gasteiger partial charge in [0, 0.05) is 10.4 Å². The molecule has 7 nitrogen and oxygen atoms in total. The minimum atomic E-state index is -4.50. The van der Waals surface area contributed by atoms with E-state index in [1.54, 1.807) is 11.3 Å². The molecule has 32 heavy (non-hydrogen) atoms. The lowest BCUT2D eigenvalue weighted by Crippen LogP contribution is -2.41. The minimum Gasteiger partial charge on any atom is -0.375 e. The van der Waals surface area contributed by atoms with Crippen LogP contribution in [0.25, 0.3) is 0 Å². The van der Waals surface area contributed by atoms with Crippen molar-refractivity contribution in [1.82, 2.24) is 0 Å². The molecule has 0 radical (unpaired) electrons. The molecule has 0 amide bonds. The predicted molar refractivity (Wildman–Crippen MR) is 124 cm³/mol. The van der Waals surface area contributed by atoms with Crippen molar-refractivity contribution in [2.24, 2.45) is 5.73 Å². The summed E-state index contributed by atoms with van der Waals surface area (Å²) in [6.07, 6.45) is 5.41. The van der Waals surface area contributed by atoms with Gasteiger partial charge in [0.05, 0.1) is 32.5 Å². The molecule has 2 aromatic rings. The van der Waals surface area contributed by atoms with E-state index in [9.17, 15) is 4.57 Å². The summed E-state index contributed by atoms with van der Waals surface area (Å²) in [5.41, 5.74) is 9.63. The lowest BCUT2D eigenvalue weighted by molar-refractivity contribution is -0.00412. The Morgan fingerprint density at radius 1 is 1.19 bits per heavy atom. The van der Waals surface area contributed by atoms with Crippen LogP contribution in [0.1, 0.15) is 53.2 Å². The molecule has 2 aliphatic rings. The third-order valence-electron chi connectivity index (χ3n) is 6.45. The van der Waals surface area contributed by atoms with E-state index in [0.29, 0.717) is 38.6 Å². The van der Waals surface area contributed by atoms with Crippen molar-refractivity contribution in [1.29, 1.82) is 0 Å². The van der Waals surface area contributed by atoms with Crippen LogP contribution in [0.2, 0.25) is 0 Å². The highest BCUT2D eigenvalue weighted by Gasteiger charge is 2.38. The lowest BCUT2D eigenvalue weighted by atomic mass is 9.85. The van der Waals surface area contributed by atoms with Gasteiger partial charge in [0.25, 0.3) is 0 Å². The van der Waals surface area contributed by atoms with Crippen LogP contribution in [-0.2, 0) is 38.0 Å². The smallest absolute Gasteiger partial charge is 0.375 e. The molecule has 9 heteroatoms. The van der Waals surface area contributed by atoms with Crippen LogP contribution in [0, 0.1) is 0 Å². The fourth-order valence-electron chi connectivity index (χ4n) is 4.76. The number of hydrogen-bond acceptors (Lipinski definition) is 6. The van der Waals surface area contributed by atoms with E-state index in [2.05, 4.69) is 34.2 Å². The number of rotatable bonds is 10. The van der Waals surface area contributed by atoms with Crippen molar-refractivity contribution in [3.63, 3.8) is 0 Å². The molecule has 0 spiro atoms. The zero-order valence-corrected chi connectivity index (χ0v) is 19.9. The summed E-state index contributed by atoms with van der Waals surface area (Å²) in [5, 5.41) is 2.06. The Morgan fingerprint density at radius 2 is 2.06 bits per heavy atom. The van der Waals surface area contributed by atoms with E-state index >= 15 is 0 Å². The molecule has 3 atom stereocenters. The van der Waals surface area contributed by atoms with Gasteiger partial charge in [-0.05, 0) is 72.6 Å². The monoisotopic (exact) mass is 481 g/mol. The number of phosphoric acid groups is 1. The molecular weight excluding hydrogens is 449 g/mol. The number of thiophene rings is 1. The number of fused-ring (bicyclic) bond motifs is 1. The van der Waals surface area contributed by atoms with Crippen molar-refractivity contribution in [2.75, 3.05) is 19.8 Å². The number of ether oxygens (including phenoxy) is 2. The third kappa shape index (κ3) is 6.72. The van der Waals surface area contributed by atoms with Gasteiger partial charge in [-0.1, -0.05) is 24.3 Å². The Bertz CT molecular complexity index is 933. The van der Waals surface area contributed by atoms with Crippen molar-refractivity contribution >= 4 is 19.2 Å². The first kappa shape index (κ1) is 24.0. The molecule has 2 aliphatic carbocycles. The number of phosphoric ester groups is 1. The number of nitrogens with two attached hydrogens (primary N) is 1. The van der Waals surface area contributed by atoms with Gasteiger partial charge < -0.3 is 25.0 Å². The van der Waals surface area contributed by atoms with Crippen molar-refractivity contribution < 1.29 is 28.3 Å². The second-order valence-corrected chi connectivity index (χ2v) is 11.2. The number of aryl methyl sites for hydroxylation is 1. The topological polar surface area (TPSA) is 111 Å². The molecule has 4 rings (SSSR count). The zero-order valence-electron chi connectivity index (χ0n) is 18.2. The van der Waals surface area contributed by atoms with Gasteiger partial charge in [0.1, 0.15) is 0 Å². The number of benzene rings is 1. The van der Waals surface area contributed by atoms with Crippen molar-refractivity contribution in [3.8, 4) is 0 Å². The Morgan fingerprint density at radius 3 is 2.84 bits per heavy atom. The van der Waals surface area contributed by atoms with Gasteiger partial charge in [0.2, 0.25) is 0 Å². The molecular formula is C23H32NO6PS. The van der Waals surface area contributed by atoms with E-state index in [1.807, 2.05) is 6.07 Å². The van der Waals surface area contributed by atoms with Crippen LogP contribution < -0.4 is 5.73 Å². The summed E-state index contributed by atoms with van der Waals surface area (Å²) < 4.78 is 27.4. The van der Waals surface area contributed by atoms with Crippen molar-refractivity contribution in [3.05, 3.63) is 57.3 Å². The normalized spacial score (nSPS) is 25.7. The minimum absolute atomic E-state index is 0.116. The molecule has 4 N–H and O–H groups in total. The summed E-state index contributed by atoms with van der Waals surface area (Å²) in [7, 11) is -4.50. The Kier molecular flexibility index (Phi) is 7.85. The molecule has 1 saturated carbocycles. The summed E-state index contributed by atoms with van der Waals surface area (Å²) in [6, 6.07) is 10.8. The second-order valence-electron chi connectivity index (χ2n) is 8.96. The van der Waals surface area contributed by atoms with E-state index in [0.717, 1.165) is 25.7 Å². The average molecular weight is 482 g/mol. The summed E-state index contributed by atoms with van der Waals surface area (Å²) in [4.78, 5) is 19.2. The maximum atomic E-state index is 11.0. The third-order valence-corrected chi connectivity index (χ3v) is 7.77. The summed E-state index contributed by atoms with van der Waals surface area (Å²) in [6.45, 7) is 1.75. The first-order chi connectivity index (χ1) is 15.3. The van der Waals surface area contributed by atoms with E-state index in [-0.39, 0.29) is 12.7 Å². The van der Waals surface area contributed by atoms with Gasteiger partial charge >= 0.3 is 7.82 Å². The van der Waals surface area contributed by atoms with Crippen LogP contribution in [-0.4, -0.2) is 41.3 Å². The molecule has 1 aromatic heterocycles. The van der Waals surface area contributed by atoms with E-state index in [1.165, 1.54) is 21.6 Å². The highest BCUT2D eigenvalue weighted by molar-refractivity contribution is 7.46. The highest BCUT2D eigenvalue weighted by atomic mass is 32.1. The maximum Gasteiger partial charge on any atom is 0.469 e. The van der Waals surface area contributed by atoms with Crippen LogP contribution in [0.5, 0.6) is 0 Å². The summed E-state index contributed by atoms with van der Waals surface area (Å²) >= 11 is 1.70. The fraction of sp³-hybridized carbons (Fsp3) is 0.565. The van der Waals surface area contributed by atoms with Crippen LogP contribution in [0.3, 0.4) is 0 Å². The molecule has 1 fully saturated rings. The number of hydrogen-bond donors (Lipinski definition) is 3. The van der Waals surface area contributed by atoms with E-state index in [4.69, 9.17) is 25.0 Å². The summed E-state index contributed by atoms with van der Waals surface area (Å²) in [5.74, 6) is 0.292. The Hall–Kier alpha value is -1.09. The average Bonchev–Trinajstić information content (AvgIpc) is 3.42. The van der Waals surface area contributed by atoms with Crippen molar-refractivity contribution in [2.45, 2.75) is 62.7 Å². The molecule has 0 unspecified atom stereocenters. The van der Waals surface area contributed by atoms with Crippen LogP contribution in [0.4, 0.5) is 0 Å². The predicted octanol–water partition coefficient (Wildman–Crippen LogP) is 3.91. The maximum absolute atomic E-state index is 11.0. The van der Waals surface area contributed by atoms with Crippen LogP contribution in [0.15, 0.2) is 35.7 Å². The fourth-order valence-corrected chi connectivity index (χ4v) is 5.83. The molecule has 0 aliphatic heterocycles. The molecule has 0 bridgehead atoms. The lowest BCUT2D eigenvalue weighted by Gasteiger charge is -2.27. The van der Waals surface area contributed by atoms with Gasteiger partial charge in [0.15, 0.2) is 0 Å². The van der Waals surface area contributed by atoms with Gasteiger partial charge in [-0.2, -0.15) is 0 Å². The van der Waals surface area contributed by atoms with Gasteiger partial charge in [-0.15, -0.1) is 11.3 Å². The second kappa shape index (κ2) is 10.5. The first-order valence-electron chi connectivity index (χ1n) is 11.1. The highest BCUT2D eigenvalue weighted by Crippen LogP contribution is 2.44. The Balaban J connectivity index is 1.24. The molecule has 1 heterocycles. The van der Waals surface area contributed by atoms with Gasteiger partial charge in [-0.3, -0.25) is 4.52 Å². The first-order valence-corrected chi connectivity index (χ1v) is 13.5. The van der Waals surface area contributed by atoms with E-state index < -0.39 is 13.4 Å². The quantitative estimate of drug-likeness (QED) is 0.348. The molecule has 176 valence electrons. The zero-order chi connectivity index (χ0) is 22.6. The molecule has 0 saturated heterocycles. The van der Waals surface area contributed by atoms with Crippen LogP contribution >= 0.6 is 19.2 Å². The largest absolute Gasteiger partial charge is 0.469 e. The Labute approximate surface area is 193 Å².